The number of rotatable bonds is 5. The van der Waals surface area contributed by atoms with E-state index in [9.17, 15) is 4.79 Å². The molecule has 0 bridgehead atoms. The lowest BCUT2D eigenvalue weighted by Gasteiger charge is -2.35. The molecule has 1 amide bonds. The second-order valence-electron chi connectivity index (χ2n) is 7.00. The fourth-order valence-corrected chi connectivity index (χ4v) is 3.42. The number of nitrogens with one attached hydrogen (secondary N) is 1. The average Bonchev–Trinajstić information content (AvgIpc) is 3.14. The van der Waals surface area contributed by atoms with Gasteiger partial charge in [0.15, 0.2) is 0 Å². The van der Waals surface area contributed by atoms with Crippen molar-refractivity contribution in [2.45, 2.75) is 6.92 Å². The molecule has 1 aliphatic heterocycles. The molecule has 10 heteroatoms. The Balaban J connectivity index is 1.44. The maximum atomic E-state index is 12.9. The Morgan fingerprint density at radius 1 is 1.13 bits per heavy atom. The summed E-state index contributed by atoms with van der Waals surface area (Å²) in [4.78, 5) is 30.2. The summed E-state index contributed by atoms with van der Waals surface area (Å²) < 4.78 is 6.81. The first-order valence-corrected chi connectivity index (χ1v) is 9.69. The van der Waals surface area contributed by atoms with Crippen LogP contribution in [-0.4, -0.2) is 68.8 Å². The van der Waals surface area contributed by atoms with Crippen molar-refractivity contribution in [2.24, 2.45) is 7.05 Å². The highest BCUT2D eigenvalue weighted by molar-refractivity contribution is 5.96. The smallest absolute Gasteiger partial charge is 0.261 e. The molecule has 0 saturated carbocycles. The highest BCUT2D eigenvalue weighted by atomic mass is 16.5. The van der Waals surface area contributed by atoms with E-state index in [0.29, 0.717) is 49.3 Å². The van der Waals surface area contributed by atoms with Crippen LogP contribution in [0.5, 0.6) is 5.88 Å². The van der Waals surface area contributed by atoms with Crippen LogP contribution in [-0.2, 0) is 7.05 Å². The van der Waals surface area contributed by atoms with Gasteiger partial charge in [0.25, 0.3) is 5.91 Å². The van der Waals surface area contributed by atoms with E-state index in [1.54, 1.807) is 24.1 Å². The van der Waals surface area contributed by atoms with E-state index in [2.05, 4.69) is 30.3 Å². The number of carbonyl (C=O) groups is 1. The third kappa shape index (κ3) is 4.17. The van der Waals surface area contributed by atoms with Crippen LogP contribution in [0.4, 0.5) is 17.5 Å². The van der Waals surface area contributed by atoms with Gasteiger partial charge in [0, 0.05) is 51.7 Å². The Morgan fingerprint density at radius 2 is 1.93 bits per heavy atom. The second kappa shape index (κ2) is 8.36. The number of hydrogen-bond donors (Lipinski definition) is 1. The summed E-state index contributed by atoms with van der Waals surface area (Å²) in [5.74, 6) is 3.19. The highest BCUT2D eigenvalue weighted by Gasteiger charge is 2.27. The molecule has 1 aliphatic rings. The number of aryl methyl sites for hydroxylation is 2. The summed E-state index contributed by atoms with van der Waals surface area (Å²) in [7, 11) is 3.29. The van der Waals surface area contributed by atoms with Gasteiger partial charge in [0.1, 0.15) is 28.8 Å². The minimum absolute atomic E-state index is 0.0732. The van der Waals surface area contributed by atoms with Gasteiger partial charge in [-0.2, -0.15) is 0 Å². The number of hydrogen-bond acceptors (Lipinski definition) is 8. The minimum Gasteiger partial charge on any atom is -0.479 e. The largest absolute Gasteiger partial charge is 0.479 e. The molecule has 3 aromatic rings. The molecule has 0 aromatic carbocycles. The lowest BCUT2D eigenvalue weighted by atomic mass is 10.2. The Bertz CT molecular complexity index is 1030. The molecule has 3 aromatic heterocycles. The molecule has 30 heavy (non-hydrogen) atoms. The summed E-state index contributed by atoms with van der Waals surface area (Å²) in [6, 6.07) is 7.57. The molecular formula is C20H24N8O2. The first-order chi connectivity index (χ1) is 14.5. The molecule has 1 saturated heterocycles. The normalized spacial score (nSPS) is 14.0. The number of methoxy groups -OCH3 is 1. The molecular weight excluding hydrogens is 384 g/mol. The van der Waals surface area contributed by atoms with E-state index >= 15 is 0 Å². The average molecular weight is 408 g/mol. The zero-order valence-corrected chi connectivity index (χ0v) is 17.2. The monoisotopic (exact) mass is 408 g/mol. The summed E-state index contributed by atoms with van der Waals surface area (Å²) in [5.41, 5.74) is 0.480. The van der Waals surface area contributed by atoms with Crippen LogP contribution in [0.2, 0.25) is 0 Å². The van der Waals surface area contributed by atoms with Gasteiger partial charge in [-0.25, -0.2) is 15.0 Å². The number of amides is 1. The summed E-state index contributed by atoms with van der Waals surface area (Å²) in [6.07, 6.45) is 3.42. The van der Waals surface area contributed by atoms with Crippen molar-refractivity contribution in [3.8, 4) is 5.88 Å². The SMILES string of the molecule is COc1nn(C)cc1C(=O)N1CCN(c2cc(Nc3ccccn3)nc(C)n2)CC1. The van der Waals surface area contributed by atoms with Crippen LogP contribution in [0, 0.1) is 6.92 Å². The van der Waals surface area contributed by atoms with Crippen molar-refractivity contribution in [1.82, 2.24) is 29.6 Å². The molecule has 10 nitrogen and oxygen atoms in total. The number of aromatic nitrogens is 5. The van der Waals surface area contributed by atoms with Crippen LogP contribution in [0.25, 0.3) is 0 Å². The molecule has 1 N–H and O–H groups in total. The summed E-state index contributed by atoms with van der Waals surface area (Å²) in [6.45, 7) is 4.38. The molecule has 156 valence electrons. The van der Waals surface area contributed by atoms with Crippen molar-refractivity contribution < 1.29 is 9.53 Å². The first-order valence-electron chi connectivity index (χ1n) is 9.69. The van der Waals surface area contributed by atoms with Crippen LogP contribution >= 0.6 is 0 Å². The van der Waals surface area contributed by atoms with Gasteiger partial charge in [-0.05, 0) is 19.1 Å². The first kappa shape index (κ1) is 19.6. The number of pyridine rings is 1. The van der Waals surface area contributed by atoms with Gasteiger partial charge in [-0.3, -0.25) is 9.48 Å². The zero-order chi connectivity index (χ0) is 21.1. The van der Waals surface area contributed by atoms with Gasteiger partial charge in [-0.15, -0.1) is 5.10 Å². The van der Waals surface area contributed by atoms with E-state index in [1.807, 2.05) is 36.1 Å². The number of ether oxygens (including phenoxy) is 1. The van der Waals surface area contributed by atoms with E-state index in [4.69, 9.17) is 4.74 Å². The third-order valence-electron chi connectivity index (χ3n) is 4.85. The number of nitrogens with zero attached hydrogens (tertiary/aromatic N) is 7. The highest BCUT2D eigenvalue weighted by Crippen LogP contribution is 2.22. The second-order valence-corrected chi connectivity index (χ2v) is 7.00. The van der Waals surface area contributed by atoms with Crippen molar-refractivity contribution in [1.29, 1.82) is 0 Å². The van der Waals surface area contributed by atoms with Gasteiger partial charge < -0.3 is 19.9 Å². The van der Waals surface area contributed by atoms with Gasteiger partial charge in [0.05, 0.1) is 7.11 Å². The fourth-order valence-electron chi connectivity index (χ4n) is 3.42. The molecule has 0 radical (unpaired) electrons. The molecule has 4 rings (SSSR count). The fraction of sp³-hybridized carbons (Fsp3) is 0.350. The Labute approximate surface area is 174 Å². The molecule has 0 spiro atoms. The van der Waals surface area contributed by atoms with Crippen molar-refractivity contribution >= 4 is 23.4 Å². The third-order valence-corrected chi connectivity index (χ3v) is 4.85. The molecule has 0 atom stereocenters. The van der Waals surface area contributed by atoms with Crippen LogP contribution in [0.15, 0.2) is 36.7 Å². The van der Waals surface area contributed by atoms with E-state index in [1.165, 1.54) is 7.11 Å². The maximum absolute atomic E-state index is 12.9. The lowest BCUT2D eigenvalue weighted by Crippen LogP contribution is -2.49. The molecule has 0 unspecified atom stereocenters. The number of piperazine rings is 1. The van der Waals surface area contributed by atoms with E-state index in [-0.39, 0.29) is 5.91 Å². The Morgan fingerprint density at radius 3 is 2.63 bits per heavy atom. The van der Waals surface area contributed by atoms with Crippen molar-refractivity contribution in [3.63, 3.8) is 0 Å². The Kier molecular flexibility index (Phi) is 5.46. The van der Waals surface area contributed by atoms with E-state index < -0.39 is 0 Å². The van der Waals surface area contributed by atoms with Crippen molar-refractivity contribution in [2.75, 3.05) is 43.5 Å². The quantitative estimate of drug-likeness (QED) is 0.680. The summed E-state index contributed by atoms with van der Waals surface area (Å²) in [5, 5.41) is 7.38. The van der Waals surface area contributed by atoms with Crippen LogP contribution in [0.1, 0.15) is 16.2 Å². The molecule has 0 aliphatic carbocycles. The molecule has 4 heterocycles. The minimum atomic E-state index is -0.0732. The predicted molar refractivity (Wildman–Crippen MR) is 112 cm³/mol. The van der Waals surface area contributed by atoms with E-state index in [0.717, 1.165) is 11.6 Å². The van der Waals surface area contributed by atoms with Gasteiger partial charge in [0.2, 0.25) is 5.88 Å². The Hall–Kier alpha value is -3.69. The van der Waals surface area contributed by atoms with Gasteiger partial charge >= 0.3 is 0 Å². The van der Waals surface area contributed by atoms with Crippen LogP contribution in [0.3, 0.4) is 0 Å². The number of carbonyl (C=O) groups excluding carboxylic acids is 1. The zero-order valence-electron chi connectivity index (χ0n) is 17.2. The van der Waals surface area contributed by atoms with Crippen molar-refractivity contribution in [3.05, 3.63) is 48.0 Å². The molecule has 1 fully saturated rings. The lowest BCUT2D eigenvalue weighted by molar-refractivity contribution is 0.0743. The number of anilines is 3. The van der Waals surface area contributed by atoms with Gasteiger partial charge in [-0.1, -0.05) is 6.07 Å². The predicted octanol–water partition coefficient (Wildman–Crippen LogP) is 1.63. The topological polar surface area (TPSA) is 101 Å². The maximum Gasteiger partial charge on any atom is 0.261 e. The standard InChI is InChI=1S/C20H24N8O2/c1-14-22-17(24-16-6-4-5-7-21-16)12-18(23-14)27-8-10-28(11-9-27)20(29)15-13-26(2)25-19(15)30-3/h4-7,12-13H,8-11H2,1-3H3,(H,21,22,23,24). The van der Waals surface area contributed by atoms with Crippen LogP contribution < -0.4 is 15.0 Å². The summed E-state index contributed by atoms with van der Waals surface area (Å²) >= 11 is 0.